The average Bonchev–Trinajstić information content (AvgIpc) is 3.34. The van der Waals surface area contributed by atoms with Crippen LogP contribution in [0.25, 0.3) is 16.8 Å². The molecule has 1 saturated heterocycles. The molecule has 2 aromatic heterocycles. The van der Waals surface area contributed by atoms with Gasteiger partial charge < -0.3 is 14.4 Å². The Balaban J connectivity index is 1.67. The predicted octanol–water partition coefficient (Wildman–Crippen LogP) is 5.50. The normalized spacial score (nSPS) is 18.6. The Kier molecular flexibility index (Phi) is 5.61. The van der Waals surface area contributed by atoms with Gasteiger partial charge in [0.1, 0.15) is 10.8 Å². The molecule has 1 aliphatic carbocycles. The number of aryl methyl sites for hydroxylation is 2. The van der Waals surface area contributed by atoms with Gasteiger partial charge in [-0.05, 0) is 75.1 Å². The second kappa shape index (κ2) is 8.40. The zero-order valence-electron chi connectivity index (χ0n) is 18.9. The topological polar surface area (TPSA) is 39.0 Å². The number of nitrogens with zero attached hydrogens (tertiary/aromatic N) is 3. The van der Waals surface area contributed by atoms with E-state index in [1.807, 2.05) is 0 Å². The summed E-state index contributed by atoms with van der Waals surface area (Å²) in [5, 5.41) is 6.18. The van der Waals surface area contributed by atoms with Crippen LogP contribution in [0.2, 0.25) is 0 Å². The van der Waals surface area contributed by atoms with E-state index in [-0.39, 0.29) is 0 Å². The molecule has 31 heavy (non-hydrogen) atoms. The van der Waals surface area contributed by atoms with Crippen LogP contribution in [0.5, 0.6) is 5.75 Å². The van der Waals surface area contributed by atoms with Gasteiger partial charge in [-0.3, -0.25) is 0 Å². The van der Waals surface area contributed by atoms with Gasteiger partial charge in [0, 0.05) is 24.8 Å². The van der Waals surface area contributed by atoms with Crippen LogP contribution in [0.1, 0.15) is 36.8 Å². The summed E-state index contributed by atoms with van der Waals surface area (Å²) >= 11 is 1.73. The molecule has 6 heteroatoms. The highest BCUT2D eigenvalue weighted by molar-refractivity contribution is 7.98. The molecule has 1 unspecified atom stereocenters. The van der Waals surface area contributed by atoms with Gasteiger partial charge in [-0.25, -0.2) is 4.52 Å². The molecule has 164 valence electrons. The van der Waals surface area contributed by atoms with E-state index < -0.39 is 0 Å². The molecular formula is C25H31N3O2S. The number of rotatable bonds is 7. The Bertz CT molecular complexity index is 1100. The Hall–Kier alpha value is -2.18. The van der Waals surface area contributed by atoms with E-state index in [4.69, 9.17) is 14.6 Å². The molecule has 1 aliphatic heterocycles. The quantitative estimate of drug-likeness (QED) is 0.457. The molecule has 0 spiro atoms. The number of hydrogen-bond acceptors (Lipinski definition) is 5. The van der Waals surface area contributed by atoms with Gasteiger partial charge in [0.2, 0.25) is 0 Å². The number of thioether (sulfide) groups is 1. The number of hydrogen-bond donors (Lipinski definition) is 0. The number of fused-ring (bicyclic) bond motifs is 1. The Morgan fingerprint density at radius 3 is 2.74 bits per heavy atom. The maximum atomic E-state index is 6.00. The molecule has 3 heterocycles. The van der Waals surface area contributed by atoms with Crippen molar-refractivity contribution in [2.75, 3.05) is 31.4 Å². The summed E-state index contributed by atoms with van der Waals surface area (Å²) in [6.07, 6.45) is 7.28. The fraction of sp³-hybridized carbons (Fsp3) is 0.480. The van der Waals surface area contributed by atoms with Crippen molar-refractivity contribution in [1.82, 2.24) is 9.61 Å². The Morgan fingerprint density at radius 1 is 1.23 bits per heavy atom. The molecular weight excluding hydrogens is 406 g/mol. The molecule has 1 atom stereocenters. The maximum Gasteiger partial charge on any atom is 0.142 e. The number of ether oxygens (including phenoxy) is 2. The first kappa shape index (κ1) is 20.7. The monoisotopic (exact) mass is 437 g/mol. The van der Waals surface area contributed by atoms with Gasteiger partial charge in [-0.2, -0.15) is 5.10 Å². The number of aromatic nitrogens is 2. The minimum atomic E-state index is 0.327. The third kappa shape index (κ3) is 3.80. The first-order valence-electron chi connectivity index (χ1n) is 11.2. The average molecular weight is 438 g/mol. The lowest BCUT2D eigenvalue weighted by Crippen LogP contribution is -2.34. The van der Waals surface area contributed by atoms with E-state index in [9.17, 15) is 0 Å². The summed E-state index contributed by atoms with van der Waals surface area (Å²) in [5.41, 5.74) is 7.00. The van der Waals surface area contributed by atoms with Crippen molar-refractivity contribution in [2.24, 2.45) is 0 Å². The molecule has 0 bridgehead atoms. The highest BCUT2D eigenvalue weighted by Gasteiger charge is 2.35. The summed E-state index contributed by atoms with van der Waals surface area (Å²) in [4.78, 5) is 2.58. The second-order valence-corrected chi connectivity index (χ2v) is 9.54. The van der Waals surface area contributed by atoms with Gasteiger partial charge in [-0.15, -0.1) is 11.8 Å². The highest BCUT2D eigenvalue weighted by atomic mass is 32.2. The van der Waals surface area contributed by atoms with E-state index >= 15 is 0 Å². The van der Waals surface area contributed by atoms with Crippen LogP contribution in [0.4, 0.5) is 5.69 Å². The maximum absolute atomic E-state index is 6.00. The largest absolute Gasteiger partial charge is 0.496 e. The van der Waals surface area contributed by atoms with Crippen LogP contribution in [0.15, 0.2) is 35.4 Å². The third-order valence-electron chi connectivity index (χ3n) is 6.41. The van der Waals surface area contributed by atoms with Crippen LogP contribution in [-0.2, 0) is 4.74 Å². The minimum Gasteiger partial charge on any atom is -0.496 e. The van der Waals surface area contributed by atoms with Crippen LogP contribution in [-0.4, -0.2) is 48.3 Å². The van der Waals surface area contributed by atoms with Crippen LogP contribution >= 0.6 is 11.8 Å². The standard InChI is InChI=1S/C25H31N3O2S/c1-16-13-17(2)23(22(14-16)29-3)20-8-5-9-21-24(25(31-4)26-28(20)21)27(18-10-11-18)15-19-7-6-12-30-19/h5,8-9,13-14,18-19H,6-7,10-12,15H2,1-4H3. The van der Waals surface area contributed by atoms with Crippen molar-refractivity contribution >= 4 is 23.0 Å². The molecule has 5 rings (SSSR count). The van der Waals surface area contributed by atoms with Gasteiger partial charge >= 0.3 is 0 Å². The van der Waals surface area contributed by atoms with E-state index in [0.29, 0.717) is 12.1 Å². The van der Waals surface area contributed by atoms with Gasteiger partial charge in [0.25, 0.3) is 0 Å². The summed E-state index contributed by atoms with van der Waals surface area (Å²) in [6, 6.07) is 11.4. The summed E-state index contributed by atoms with van der Waals surface area (Å²) in [5.74, 6) is 0.895. The summed E-state index contributed by atoms with van der Waals surface area (Å²) < 4.78 is 13.9. The van der Waals surface area contributed by atoms with Gasteiger partial charge in [-0.1, -0.05) is 12.1 Å². The first-order chi connectivity index (χ1) is 15.1. The van der Waals surface area contributed by atoms with Gasteiger partial charge in [0.15, 0.2) is 0 Å². The molecule has 0 amide bonds. The number of methoxy groups -OCH3 is 1. The van der Waals surface area contributed by atoms with Crippen molar-refractivity contribution < 1.29 is 9.47 Å². The lowest BCUT2D eigenvalue weighted by molar-refractivity contribution is 0.115. The Morgan fingerprint density at radius 2 is 2.06 bits per heavy atom. The first-order valence-corrected chi connectivity index (χ1v) is 12.4. The predicted molar refractivity (Wildman–Crippen MR) is 128 cm³/mol. The molecule has 2 fully saturated rings. The molecule has 0 radical (unpaired) electrons. The number of benzene rings is 1. The van der Waals surface area contributed by atoms with E-state index in [1.165, 1.54) is 36.1 Å². The minimum absolute atomic E-state index is 0.327. The fourth-order valence-electron chi connectivity index (χ4n) is 4.87. The van der Waals surface area contributed by atoms with E-state index in [0.717, 1.165) is 47.1 Å². The fourth-order valence-corrected chi connectivity index (χ4v) is 5.45. The molecule has 1 saturated carbocycles. The van der Waals surface area contributed by atoms with Crippen LogP contribution in [0, 0.1) is 13.8 Å². The summed E-state index contributed by atoms with van der Waals surface area (Å²) in [7, 11) is 1.75. The lowest BCUT2D eigenvalue weighted by atomic mass is 10.0. The molecule has 0 N–H and O–H groups in total. The van der Waals surface area contributed by atoms with Crippen LogP contribution in [0.3, 0.4) is 0 Å². The molecule has 2 aliphatic rings. The zero-order chi connectivity index (χ0) is 21.5. The lowest BCUT2D eigenvalue weighted by Gasteiger charge is -2.27. The molecule has 3 aromatic rings. The third-order valence-corrected chi connectivity index (χ3v) is 7.07. The molecule has 1 aromatic carbocycles. The van der Waals surface area contributed by atoms with Crippen molar-refractivity contribution in [1.29, 1.82) is 0 Å². The SMILES string of the molecule is COc1cc(C)cc(C)c1-c1cccc2c(N(CC3CCCO3)C3CC3)c(SC)nn12. The van der Waals surface area contributed by atoms with Crippen molar-refractivity contribution in [2.45, 2.75) is 56.7 Å². The van der Waals surface area contributed by atoms with Crippen molar-refractivity contribution in [3.63, 3.8) is 0 Å². The van der Waals surface area contributed by atoms with Crippen LogP contribution < -0.4 is 9.64 Å². The second-order valence-electron chi connectivity index (χ2n) is 8.74. The smallest absolute Gasteiger partial charge is 0.142 e. The zero-order valence-corrected chi connectivity index (χ0v) is 19.7. The number of pyridine rings is 1. The van der Waals surface area contributed by atoms with Gasteiger partial charge in [0.05, 0.1) is 30.1 Å². The van der Waals surface area contributed by atoms with Crippen molar-refractivity contribution in [3.05, 3.63) is 41.5 Å². The highest BCUT2D eigenvalue weighted by Crippen LogP contribution is 2.42. The number of anilines is 1. The van der Waals surface area contributed by atoms with E-state index in [1.54, 1.807) is 18.9 Å². The molecule has 5 nitrogen and oxygen atoms in total. The summed E-state index contributed by atoms with van der Waals surface area (Å²) in [6.45, 7) is 6.11. The van der Waals surface area contributed by atoms with Crippen molar-refractivity contribution in [3.8, 4) is 17.0 Å². The Labute approximate surface area is 188 Å². The van der Waals surface area contributed by atoms with E-state index in [2.05, 4.69) is 59.9 Å².